The van der Waals surface area contributed by atoms with Crippen molar-refractivity contribution in [1.29, 1.82) is 0 Å². The van der Waals surface area contributed by atoms with Gasteiger partial charge in [0.25, 0.3) is 5.91 Å². The van der Waals surface area contributed by atoms with Gasteiger partial charge in [-0.2, -0.15) is 4.98 Å². The third-order valence-corrected chi connectivity index (χ3v) is 7.98. The van der Waals surface area contributed by atoms with Crippen LogP contribution in [0.2, 0.25) is 5.02 Å². The van der Waals surface area contributed by atoms with Crippen molar-refractivity contribution in [2.45, 2.75) is 19.4 Å². The molecule has 4 N–H and O–H groups in total. The van der Waals surface area contributed by atoms with Crippen LogP contribution in [0.3, 0.4) is 0 Å². The Balaban J connectivity index is 1.23. The minimum absolute atomic E-state index is 0.343. The first-order valence-electron chi connectivity index (χ1n) is 13.6. The Labute approximate surface area is 252 Å². The second kappa shape index (κ2) is 12.0. The fraction of sp³-hybridized carbons (Fsp3) is 0.194. The fourth-order valence-electron chi connectivity index (χ4n) is 5.16. The van der Waals surface area contributed by atoms with Gasteiger partial charge in [0, 0.05) is 75.8 Å². The maximum Gasteiger partial charge on any atom is 0.270 e. The number of aromatic amines is 1. The molecule has 6 rings (SSSR count). The van der Waals surface area contributed by atoms with Crippen LogP contribution in [-0.2, 0) is 0 Å². The Morgan fingerprint density at radius 3 is 2.90 bits per heavy atom. The van der Waals surface area contributed by atoms with Crippen molar-refractivity contribution < 1.29 is 9.90 Å². The summed E-state index contributed by atoms with van der Waals surface area (Å²) >= 11 is 12.5. The summed E-state index contributed by atoms with van der Waals surface area (Å²) in [5.74, 6) is 0.582. The lowest BCUT2D eigenvalue weighted by Gasteiger charge is -2.23. The topological polar surface area (TPSA) is 111 Å². The number of aliphatic hydroxyl groups is 1. The number of aliphatic hydroxyl groups excluding tert-OH is 1. The predicted octanol–water partition coefficient (Wildman–Crippen LogP) is 6.16. The molecule has 2 aromatic carbocycles. The van der Waals surface area contributed by atoms with E-state index in [0.717, 1.165) is 46.1 Å². The highest BCUT2D eigenvalue weighted by Gasteiger charge is 2.26. The second-order valence-electron chi connectivity index (χ2n) is 10.1. The molecule has 0 saturated carbocycles. The number of nitrogens with zero attached hydrogens (tertiary/aromatic N) is 4. The summed E-state index contributed by atoms with van der Waals surface area (Å²) in [5, 5.41) is 18.3. The molecule has 9 nitrogen and oxygen atoms in total. The van der Waals surface area contributed by atoms with Gasteiger partial charge in [-0.05, 0) is 67.4 Å². The van der Waals surface area contributed by atoms with Crippen molar-refractivity contribution in [3.05, 3.63) is 107 Å². The van der Waals surface area contributed by atoms with E-state index in [4.69, 9.17) is 28.4 Å². The molecule has 1 aliphatic heterocycles. The zero-order chi connectivity index (χ0) is 29.2. The minimum atomic E-state index is -0.762. The highest BCUT2D eigenvalue weighted by atomic mass is 35.5. The van der Waals surface area contributed by atoms with Crippen molar-refractivity contribution in [2.75, 3.05) is 25.0 Å². The SMILES string of the molecule is Cc1cnc(Nc2ccc3[nH]cc(C4=CCNCC4)c3c2)nc1-n1ccc(C(=O)N(Cl)C(CO)c2cccc(Cl)c2)c1. The van der Waals surface area contributed by atoms with Gasteiger partial charge >= 0.3 is 0 Å². The molecule has 0 saturated heterocycles. The Kier molecular flexibility index (Phi) is 7.99. The lowest BCUT2D eigenvalue weighted by Crippen LogP contribution is -2.28. The van der Waals surface area contributed by atoms with Crippen molar-refractivity contribution in [3.63, 3.8) is 0 Å². The van der Waals surface area contributed by atoms with E-state index in [0.29, 0.717) is 27.9 Å². The van der Waals surface area contributed by atoms with Crippen LogP contribution in [-0.4, -0.2) is 54.6 Å². The lowest BCUT2D eigenvalue weighted by atomic mass is 9.99. The summed E-state index contributed by atoms with van der Waals surface area (Å²) < 4.78 is 2.75. The van der Waals surface area contributed by atoms with Crippen molar-refractivity contribution in [3.8, 4) is 5.82 Å². The van der Waals surface area contributed by atoms with Crippen LogP contribution in [0.4, 0.5) is 11.6 Å². The normalized spacial score (nSPS) is 14.0. The number of carbonyl (C=O) groups excluding carboxylic acids is 1. The van der Waals surface area contributed by atoms with Gasteiger partial charge in [0.15, 0.2) is 0 Å². The van der Waals surface area contributed by atoms with Crippen molar-refractivity contribution in [1.82, 2.24) is 29.3 Å². The van der Waals surface area contributed by atoms with E-state index >= 15 is 0 Å². The lowest BCUT2D eigenvalue weighted by molar-refractivity contribution is 0.0775. The number of hydrogen-bond donors (Lipinski definition) is 4. The number of aryl methyl sites for hydroxylation is 1. The van der Waals surface area contributed by atoms with E-state index in [1.165, 1.54) is 11.1 Å². The Bertz CT molecular complexity index is 1800. The van der Waals surface area contributed by atoms with Gasteiger partial charge in [-0.1, -0.05) is 29.8 Å². The Morgan fingerprint density at radius 2 is 2.12 bits per heavy atom. The Hall–Kier alpha value is -4.15. The molecule has 0 radical (unpaired) electrons. The van der Waals surface area contributed by atoms with Gasteiger partial charge in [-0.3, -0.25) is 4.79 Å². The van der Waals surface area contributed by atoms with Crippen molar-refractivity contribution in [2.24, 2.45) is 0 Å². The smallest absolute Gasteiger partial charge is 0.270 e. The molecule has 1 amide bonds. The number of fused-ring (bicyclic) bond motifs is 1. The summed E-state index contributed by atoms with van der Waals surface area (Å²) in [4.78, 5) is 25.9. The third kappa shape index (κ3) is 5.64. The van der Waals surface area contributed by atoms with Crippen LogP contribution in [0.25, 0.3) is 22.3 Å². The van der Waals surface area contributed by atoms with E-state index in [1.54, 1.807) is 53.5 Å². The standard InChI is InChI=1S/C31H29Cl2N7O2/c1-19-15-36-31(37-24-5-6-27-25(14-24)26(16-35-27)20-7-10-34-11-8-20)38-29(19)39-12-9-22(17-39)30(42)40(33)28(18-41)21-3-2-4-23(32)13-21/h2-7,9,12-17,28,34-35,41H,8,10-11,18H2,1H3,(H,36,37,38). The average molecular weight is 603 g/mol. The largest absolute Gasteiger partial charge is 0.394 e. The van der Waals surface area contributed by atoms with Crippen LogP contribution in [0.5, 0.6) is 0 Å². The third-order valence-electron chi connectivity index (χ3n) is 7.35. The zero-order valence-corrected chi connectivity index (χ0v) is 24.3. The number of benzene rings is 2. The van der Waals surface area contributed by atoms with Crippen LogP contribution in [0.15, 0.2) is 79.4 Å². The number of nitrogens with one attached hydrogen (secondary N) is 3. The molecule has 1 atom stereocenters. The molecule has 0 bridgehead atoms. The molecule has 0 spiro atoms. The molecule has 5 aromatic rings. The number of aromatic nitrogens is 4. The summed E-state index contributed by atoms with van der Waals surface area (Å²) in [5.41, 5.74) is 6.27. The fourth-order valence-corrected chi connectivity index (χ4v) is 5.63. The number of rotatable bonds is 8. The molecule has 1 aliphatic rings. The number of hydrogen-bond acceptors (Lipinski definition) is 6. The highest BCUT2D eigenvalue weighted by molar-refractivity contribution is 6.30. The minimum Gasteiger partial charge on any atom is -0.394 e. The van der Waals surface area contributed by atoms with Gasteiger partial charge in [-0.15, -0.1) is 0 Å². The van der Waals surface area contributed by atoms with Crippen LogP contribution >= 0.6 is 23.4 Å². The van der Waals surface area contributed by atoms with Gasteiger partial charge in [0.05, 0.1) is 18.2 Å². The molecule has 11 heteroatoms. The zero-order valence-electron chi connectivity index (χ0n) is 22.8. The average Bonchev–Trinajstić information content (AvgIpc) is 3.66. The molecule has 1 unspecified atom stereocenters. The van der Waals surface area contributed by atoms with Crippen molar-refractivity contribution >= 4 is 57.4 Å². The molecule has 3 aromatic heterocycles. The first-order valence-corrected chi connectivity index (χ1v) is 14.3. The van der Waals surface area contributed by atoms with E-state index in [1.807, 2.05) is 19.1 Å². The molecule has 0 aliphatic carbocycles. The number of anilines is 2. The van der Waals surface area contributed by atoms with E-state index in [2.05, 4.69) is 38.9 Å². The quantitative estimate of drug-likeness (QED) is 0.158. The van der Waals surface area contributed by atoms with Gasteiger partial charge in [-0.25, -0.2) is 9.40 Å². The summed E-state index contributed by atoms with van der Waals surface area (Å²) in [6.07, 6.45) is 10.4. The first kappa shape index (κ1) is 28.0. The monoisotopic (exact) mass is 601 g/mol. The van der Waals surface area contributed by atoms with Crippen LogP contribution in [0, 0.1) is 6.92 Å². The second-order valence-corrected chi connectivity index (χ2v) is 10.9. The Morgan fingerprint density at radius 1 is 1.24 bits per heavy atom. The van der Waals surface area contributed by atoms with E-state index < -0.39 is 11.9 Å². The van der Waals surface area contributed by atoms with E-state index in [9.17, 15) is 9.90 Å². The maximum absolute atomic E-state index is 13.2. The van der Waals surface area contributed by atoms with Crippen LogP contribution < -0.4 is 10.6 Å². The number of amides is 1. The van der Waals surface area contributed by atoms with E-state index in [-0.39, 0.29) is 6.61 Å². The highest BCUT2D eigenvalue weighted by Crippen LogP contribution is 2.31. The van der Waals surface area contributed by atoms with Gasteiger partial charge in [0.1, 0.15) is 5.82 Å². The molecule has 42 heavy (non-hydrogen) atoms. The number of H-pyrrole nitrogens is 1. The maximum atomic E-state index is 13.2. The molecular weight excluding hydrogens is 573 g/mol. The first-order chi connectivity index (χ1) is 20.4. The molecule has 0 fully saturated rings. The molecule has 214 valence electrons. The summed E-state index contributed by atoms with van der Waals surface area (Å²) in [7, 11) is 0. The number of carbonyl (C=O) groups is 1. The summed E-state index contributed by atoms with van der Waals surface area (Å²) in [6.45, 7) is 3.39. The predicted molar refractivity (Wildman–Crippen MR) is 166 cm³/mol. The number of halogens is 2. The molecular formula is C31H29Cl2N7O2. The van der Waals surface area contributed by atoms with Crippen LogP contribution in [0.1, 0.15) is 39.5 Å². The molecule has 4 heterocycles. The summed E-state index contributed by atoms with van der Waals surface area (Å²) in [6, 6.07) is 13.9. The van der Waals surface area contributed by atoms with Gasteiger partial charge < -0.3 is 25.3 Å². The van der Waals surface area contributed by atoms with Gasteiger partial charge in [0.2, 0.25) is 5.95 Å².